The lowest BCUT2D eigenvalue weighted by Crippen LogP contribution is -2.29. The molecular weight excluding hydrogens is 296 g/mol. The molecule has 0 spiro atoms. The largest absolute Gasteiger partial charge is 0.329 e. The maximum atomic E-state index is 12.0. The molecule has 23 heavy (non-hydrogen) atoms. The summed E-state index contributed by atoms with van der Waals surface area (Å²) in [5, 5.41) is 4.14. The summed E-state index contributed by atoms with van der Waals surface area (Å²) in [6, 6.07) is 9.59. The van der Waals surface area contributed by atoms with Gasteiger partial charge in [0.25, 0.3) is 5.56 Å². The van der Waals surface area contributed by atoms with E-state index in [2.05, 4.69) is 20.5 Å². The van der Waals surface area contributed by atoms with Gasteiger partial charge < -0.3 is 4.57 Å². The summed E-state index contributed by atoms with van der Waals surface area (Å²) in [5.41, 5.74) is 3.46. The lowest BCUT2D eigenvalue weighted by atomic mass is 10.2. The van der Waals surface area contributed by atoms with Crippen LogP contribution in [-0.4, -0.2) is 25.3 Å². The van der Waals surface area contributed by atoms with Crippen LogP contribution in [0.3, 0.4) is 0 Å². The smallest absolute Gasteiger partial charge is 0.303 e. The molecule has 118 valence electrons. The predicted octanol–water partition coefficient (Wildman–Crippen LogP) is 0.889. The van der Waals surface area contributed by atoms with Gasteiger partial charge in [0.1, 0.15) is 0 Å². The van der Waals surface area contributed by atoms with Crippen LogP contribution in [-0.2, 0) is 13.6 Å². The molecule has 0 aliphatic rings. The Bertz CT molecular complexity index is 981. The quantitative estimate of drug-likeness (QED) is 0.552. The van der Waals surface area contributed by atoms with Gasteiger partial charge in [0.15, 0.2) is 11.2 Å². The molecule has 0 aliphatic carbocycles. The molecule has 2 heterocycles. The number of hydrazone groups is 1. The number of aromatic nitrogens is 4. The second-order valence-electron chi connectivity index (χ2n) is 4.95. The number of imidazole rings is 1. The second kappa shape index (κ2) is 5.91. The lowest BCUT2D eigenvalue weighted by molar-refractivity contribution is 0.781. The van der Waals surface area contributed by atoms with Crippen molar-refractivity contribution in [2.75, 3.05) is 5.43 Å². The zero-order valence-electron chi connectivity index (χ0n) is 12.8. The van der Waals surface area contributed by atoms with Crippen LogP contribution >= 0.6 is 0 Å². The molecule has 0 aliphatic heterocycles. The highest BCUT2D eigenvalue weighted by molar-refractivity contribution is 5.80. The molecule has 3 aromatic rings. The van der Waals surface area contributed by atoms with Crippen molar-refractivity contribution in [2.45, 2.75) is 13.5 Å². The van der Waals surface area contributed by atoms with Crippen molar-refractivity contribution in [3.8, 4) is 0 Å². The third-order valence-electron chi connectivity index (χ3n) is 3.50. The average molecular weight is 312 g/mol. The number of anilines is 1. The Hall–Kier alpha value is -3.16. The van der Waals surface area contributed by atoms with Crippen molar-refractivity contribution in [1.82, 2.24) is 19.1 Å². The number of hydrogen-bond acceptors (Lipinski definition) is 5. The van der Waals surface area contributed by atoms with E-state index in [1.807, 2.05) is 37.3 Å². The lowest BCUT2D eigenvalue weighted by Gasteiger charge is -2.03. The fourth-order valence-electron chi connectivity index (χ4n) is 2.33. The van der Waals surface area contributed by atoms with Gasteiger partial charge >= 0.3 is 5.69 Å². The van der Waals surface area contributed by atoms with E-state index in [9.17, 15) is 9.59 Å². The zero-order chi connectivity index (χ0) is 16.4. The topological polar surface area (TPSA) is 97.1 Å². The molecule has 0 atom stereocenters. The average Bonchev–Trinajstić information content (AvgIpc) is 2.93. The summed E-state index contributed by atoms with van der Waals surface area (Å²) >= 11 is 0. The van der Waals surface area contributed by atoms with Crippen molar-refractivity contribution in [1.29, 1.82) is 0 Å². The van der Waals surface area contributed by atoms with E-state index in [1.165, 1.54) is 4.57 Å². The first kappa shape index (κ1) is 14.8. The Morgan fingerprint density at radius 3 is 2.74 bits per heavy atom. The van der Waals surface area contributed by atoms with Crippen LogP contribution in [0.1, 0.15) is 12.5 Å². The molecule has 0 bridgehead atoms. The highest BCUT2D eigenvalue weighted by atomic mass is 16.2. The number of aryl methyl sites for hydroxylation is 2. The highest BCUT2D eigenvalue weighted by Gasteiger charge is 2.15. The second-order valence-corrected chi connectivity index (χ2v) is 4.95. The first-order chi connectivity index (χ1) is 11.1. The fourth-order valence-corrected chi connectivity index (χ4v) is 2.33. The Kier molecular flexibility index (Phi) is 3.80. The van der Waals surface area contributed by atoms with Crippen LogP contribution in [0.2, 0.25) is 0 Å². The fraction of sp³-hybridized carbons (Fsp3) is 0.200. The van der Waals surface area contributed by atoms with Crippen molar-refractivity contribution >= 4 is 23.3 Å². The number of benzene rings is 1. The molecule has 0 amide bonds. The van der Waals surface area contributed by atoms with Gasteiger partial charge in [-0.2, -0.15) is 10.1 Å². The number of rotatable bonds is 4. The number of nitrogens with one attached hydrogen (secondary N) is 2. The number of H-pyrrole nitrogens is 1. The monoisotopic (exact) mass is 312 g/mol. The molecule has 2 N–H and O–H groups in total. The summed E-state index contributed by atoms with van der Waals surface area (Å²) < 4.78 is 2.98. The van der Waals surface area contributed by atoms with Crippen molar-refractivity contribution in [3.63, 3.8) is 0 Å². The van der Waals surface area contributed by atoms with Crippen LogP contribution in [0.5, 0.6) is 0 Å². The Morgan fingerprint density at radius 2 is 2.04 bits per heavy atom. The van der Waals surface area contributed by atoms with Gasteiger partial charge in [-0.3, -0.25) is 14.3 Å². The van der Waals surface area contributed by atoms with Gasteiger partial charge in [-0.1, -0.05) is 30.3 Å². The van der Waals surface area contributed by atoms with Crippen molar-refractivity contribution in [3.05, 3.63) is 56.7 Å². The summed E-state index contributed by atoms with van der Waals surface area (Å²) in [6.45, 7) is 2.40. The Morgan fingerprint density at radius 1 is 1.30 bits per heavy atom. The van der Waals surface area contributed by atoms with Crippen LogP contribution in [0.4, 0.5) is 5.95 Å². The van der Waals surface area contributed by atoms with Gasteiger partial charge in [-0.25, -0.2) is 10.2 Å². The van der Waals surface area contributed by atoms with Gasteiger partial charge in [0.2, 0.25) is 5.95 Å². The molecule has 0 fully saturated rings. The molecule has 0 saturated heterocycles. The Balaban J connectivity index is 2.03. The number of hydrogen-bond donors (Lipinski definition) is 2. The molecule has 3 rings (SSSR count). The summed E-state index contributed by atoms with van der Waals surface area (Å²) in [7, 11) is 1.56. The minimum absolute atomic E-state index is 0.318. The summed E-state index contributed by atoms with van der Waals surface area (Å²) in [5.74, 6) is 0.404. The molecule has 8 heteroatoms. The van der Waals surface area contributed by atoms with Crippen LogP contribution in [0.25, 0.3) is 11.2 Å². The van der Waals surface area contributed by atoms with E-state index in [1.54, 1.807) is 17.8 Å². The van der Waals surface area contributed by atoms with Crippen LogP contribution in [0, 0.1) is 0 Å². The molecule has 0 saturated carbocycles. The van der Waals surface area contributed by atoms with E-state index in [0.717, 1.165) is 5.56 Å². The third-order valence-corrected chi connectivity index (χ3v) is 3.50. The zero-order valence-corrected chi connectivity index (χ0v) is 12.8. The van der Waals surface area contributed by atoms with E-state index in [4.69, 9.17) is 0 Å². The molecule has 0 unspecified atom stereocenters. The molecule has 0 radical (unpaired) electrons. The third kappa shape index (κ3) is 2.66. The van der Waals surface area contributed by atoms with Crippen molar-refractivity contribution in [2.24, 2.45) is 12.1 Å². The van der Waals surface area contributed by atoms with E-state index in [-0.39, 0.29) is 0 Å². The predicted molar refractivity (Wildman–Crippen MR) is 88.9 cm³/mol. The van der Waals surface area contributed by atoms with Crippen LogP contribution < -0.4 is 16.7 Å². The molecule has 2 aromatic heterocycles. The van der Waals surface area contributed by atoms with E-state index in [0.29, 0.717) is 23.7 Å². The van der Waals surface area contributed by atoms with Gasteiger partial charge in [-0.15, -0.1) is 0 Å². The normalized spacial score (nSPS) is 11.4. The van der Waals surface area contributed by atoms with E-state index >= 15 is 0 Å². The number of nitrogens with zero attached hydrogens (tertiary/aromatic N) is 4. The number of aromatic amines is 1. The standard InChI is InChI=1S/C15H16N6O2/c1-3-21-11-12(20(2)15(23)18-13(11)22)17-14(21)19-16-9-10-7-5-4-6-8-10/h4-9H,3H2,1-2H3,(H,17,19)(H,18,22,23). The highest BCUT2D eigenvalue weighted by Crippen LogP contribution is 2.14. The van der Waals surface area contributed by atoms with Crippen LogP contribution in [0.15, 0.2) is 45.0 Å². The maximum absolute atomic E-state index is 12.0. The Labute approximate surface area is 131 Å². The SMILES string of the molecule is CCn1c(NN=Cc2ccccc2)nc2c1c(=O)[nH]c(=O)n2C. The van der Waals surface area contributed by atoms with Gasteiger partial charge in [-0.05, 0) is 12.5 Å². The van der Waals surface area contributed by atoms with Crippen molar-refractivity contribution < 1.29 is 0 Å². The molecule has 1 aromatic carbocycles. The maximum Gasteiger partial charge on any atom is 0.329 e. The molecular formula is C15H16N6O2. The number of fused-ring (bicyclic) bond motifs is 1. The summed E-state index contributed by atoms with van der Waals surface area (Å²) in [4.78, 5) is 30.3. The summed E-state index contributed by atoms with van der Waals surface area (Å²) in [6.07, 6.45) is 1.66. The first-order valence-electron chi connectivity index (χ1n) is 7.15. The van der Waals surface area contributed by atoms with E-state index < -0.39 is 11.2 Å². The minimum Gasteiger partial charge on any atom is -0.303 e. The molecule has 8 nitrogen and oxygen atoms in total. The minimum atomic E-state index is -0.498. The van der Waals surface area contributed by atoms with Gasteiger partial charge in [0.05, 0.1) is 6.21 Å². The first-order valence-corrected chi connectivity index (χ1v) is 7.15. The van der Waals surface area contributed by atoms with Gasteiger partial charge in [0, 0.05) is 13.6 Å².